The normalized spacial score (nSPS) is 30.9. The minimum absolute atomic E-state index is 0.318. The molecule has 0 spiro atoms. The molecule has 134 valence electrons. The van der Waals surface area contributed by atoms with E-state index in [0.29, 0.717) is 36.9 Å². The predicted octanol–water partition coefficient (Wildman–Crippen LogP) is 1.86. The fourth-order valence-electron chi connectivity index (χ4n) is 4.81. The molecule has 0 aromatic rings. The van der Waals surface area contributed by atoms with Crippen LogP contribution in [0.1, 0.15) is 57.8 Å². The molecule has 0 N–H and O–H groups in total. The summed E-state index contributed by atoms with van der Waals surface area (Å²) in [6.07, 6.45) is 10.2. The minimum Gasteiger partial charge on any atom is -0.342 e. The number of likely N-dealkylation sites (tertiary alicyclic amines) is 1. The number of hydrogen-bond acceptors (Lipinski definition) is 3. The van der Waals surface area contributed by atoms with Gasteiger partial charge in [0, 0.05) is 44.7 Å². The van der Waals surface area contributed by atoms with Gasteiger partial charge in [-0.15, -0.1) is 0 Å². The molecule has 2 aliphatic carbocycles. The molecule has 0 aromatic heterocycles. The average molecular weight is 333 g/mol. The van der Waals surface area contributed by atoms with Gasteiger partial charge in [-0.25, -0.2) is 0 Å². The van der Waals surface area contributed by atoms with Gasteiger partial charge in [0.2, 0.25) is 11.8 Å². The van der Waals surface area contributed by atoms with E-state index < -0.39 is 0 Å². The van der Waals surface area contributed by atoms with E-state index in [-0.39, 0.29) is 0 Å². The fourth-order valence-corrected chi connectivity index (χ4v) is 4.81. The molecular formula is C19H31N3O2. The van der Waals surface area contributed by atoms with Crippen LogP contribution in [0.2, 0.25) is 0 Å². The Morgan fingerprint density at radius 2 is 1.58 bits per heavy atom. The van der Waals surface area contributed by atoms with Crippen LogP contribution in [0.3, 0.4) is 0 Å². The Bertz CT molecular complexity index is 485. The lowest BCUT2D eigenvalue weighted by Crippen LogP contribution is -2.56. The van der Waals surface area contributed by atoms with Gasteiger partial charge in [-0.1, -0.05) is 12.8 Å². The van der Waals surface area contributed by atoms with Gasteiger partial charge in [-0.3, -0.25) is 14.5 Å². The van der Waals surface area contributed by atoms with Gasteiger partial charge < -0.3 is 9.80 Å². The van der Waals surface area contributed by atoms with E-state index >= 15 is 0 Å². The van der Waals surface area contributed by atoms with Crippen LogP contribution in [0.25, 0.3) is 0 Å². The molecule has 0 aromatic carbocycles. The number of nitrogens with zero attached hydrogens (tertiary/aromatic N) is 3. The molecule has 4 aliphatic rings. The van der Waals surface area contributed by atoms with Crippen LogP contribution >= 0.6 is 0 Å². The summed E-state index contributed by atoms with van der Waals surface area (Å²) < 4.78 is 0. The van der Waals surface area contributed by atoms with Gasteiger partial charge in [-0.05, 0) is 44.4 Å². The molecule has 5 heteroatoms. The smallest absolute Gasteiger partial charge is 0.237 e. The van der Waals surface area contributed by atoms with E-state index in [1.54, 1.807) is 0 Å². The third-order valence-electron chi connectivity index (χ3n) is 6.52. The highest BCUT2D eigenvalue weighted by atomic mass is 16.2. The number of piperazine rings is 1. The highest BCUT2D eigenvalue weighted by Gasteiger charge is 2.35. The van der Waals surface area contributed by atoms with Gasteiger partial charge in [0.1, 0.15) is 0 Å². The van der Waals surface area contributed by atoms with E-state index in [2.05, 4.69) is 14.7 Å². The number of rotatable bonds is 4. The zero-order valence-corrected chi connectivity index (χ0v) is 14.8. The van der Waals surface area contributed by atoms with Crippen molar-refractivity contribution in [3.63, 3.8) is 0 Å². The summed E-state index contributed by atoms with van der Waals surface area (Å²) >= 11 is 0. The summed E-state index contributed by atoms with van der Waals surface area (Å²) in [5.74, 6) is 1.42. The first-order valence-electron chi connectivity index (χ1n) is 10.0. The molecule has 0 bridgehead atoms. The standard InChI is InChI=1S/C19H31N3O2/c23-18-8-7-16(9-10-21(18)13-15-5-6-15)20-11-12-22(19(24)14-20)17-3-1-2-4-17/h15-17H,1-14H2. The van der Waals surface area contributed by atoms with Gasteiger partial charge in [0.15, 0.2) is 0 Å². The molecule has 2 saturated heterocycles. The molecule has 2 saturated carbocycles. The van der Waals surface area contributed by atoms with Crippen molar-refractivity contribution in [2.45, 2.75) is 69.9 Å². The second-order valence-electron chi connectivity index (χ2n) is 8.26. The van der Waals surface area contributed by atoms with Crippen molar-refractivity contribution in [2.24, 2.45) is 5.92 Å². The van der Waals surface area contributed by atoms with Crippen LogP contribution in [-0.2, 0) is 9.59 Å². The Balaban J connectivity index is 1.31. The predicted molar refractivity (Wildman–Crippen MR) is 92.5 cm³/mol. The zero-order valence-electron chi connectivity index (χ0n) is 14.8. The Labute approximate surface area is 145 Å². The maximum absolute atomic E-state index is 12.6. The van der Waals surface area contributed by atoms with Crippen molar-refractivity contribution in [3.8, 4) is 0 Å². The van der Waals surface area contributed by atoms with E-state index in [1.165, 1.54) is 38.5 Å². The van der Waals surface area contributed by atoms with E-state index in [0.717, 1.165) is 44.9 Å². The lowest BCUT2D eigenvalue weighted by molar-refractivity contribution is -0.139. The number of carbonyl (C=O) groups is 2. The first-order chi connectivity index (χ1) is 11.7. The Morgan fingerprint density at radius 3 is 2.29 bits per heavy atom. The fraction of sp³-hybridized carbons (Fsp3) is 0.895. The maximum Gasteiger partial charge on any atom is 0.237 e. The molecule has 5 nitrogen and oxygen atoms in total. The molecule has 24 heavy (non-hydrogen) atoms. The second-order valence-corrected chi connectivity index (χ2v) is 8.26. The second kappa shape index (κ2) is 7.03. The summed E-state index contributed by atoms with van der Waals surface area (Å²) in [6.45, 7) is 4.30. The molecule has 2 aliphatic heterocycles. The molecule has 2 heterocycles. The van der Waals surface area contributed by atoms with Crippen molar-refractivity contribution in [1.82, 2.24) is 14.7 Å². The van der Waals surface area contributed by atoms with Gasteiger partial charge >= 0.3 is 0 Å². The molecule has 2 amide bonds. The molecule has 0 radical (unpaired) electrons. The Hall–Kier alpha value is -1.10. The summed E-state index contributed by atoms with van der Waals surface area (Å²) in [5.41, 5.74) is 0. The minimum atomic E-state index is 0.318. The van der Waals surface area contributed by atoms with Gasteiger partial charge in [0.25, 0.3) is 0 Å². The van der Waals surface area contributed by atoms with Crippen LogP contribution < -0.4 is 0 Å². The summed E-state index contributed by atoms with van der Waals surface area (Å²) in [5, 5.41) is 0. The van der Waals surface area contributed by atoms with Crippen molar-refractivity contribution in [2.75, 3.05) is 32.7 Å². The summed E-state index contributed by atoms with van der Waals surface area (Å²) in [4.78, 5) is 31.5. The lowest BCUT2D eigenvalue weighted by atomic mass is 10.1. The molecule has 1 atom stereocenters. The largest absolute Gasteiger partial charge is 0.342 e. The molecule has 4 rings (SSSR count). The third-order valence-corrected chi connectivity index (χ3v) is 6.52. The van der Waals surface area contributed by atoms with Crippen molar-refractivity contribution < 1.29 is 9.59 Å². The van der Waals surface area contributed by atoms with Crippen molar-refractivity contribution in [1.29, 1.82) is 0 Å². The molecular weight excluding hydrogens is 302 g/mol. The highest BCUT2D eigenvalue weighted by Crippen LogP contribution is 2.31. The number of amides is 2. The lowest BCUT2D eigenvalue weighted by Gasteiger charge is -2.41. The molecule has 1 unspecified atom stereocenters. The maximum atomic E-state index is 12.6. The number of carbonyl (C=O) groups excluding carboxylic acids is 2. The van der Waals surface area contributed by atoms with Crippen molar-refractivity contribution in [3.05, 3.63) is 0 Å². The first-order valence-corrected chi connectivity index (χ1v) is 10.0. The Morgan fingerprint density at radius 1 is 0.792 bits per heavy atom. The Kier molecular flexibility index (Phi) is 4.79. The molecule has 4 fully saturated rings. The van der Waals surface area contributed by atoms with Crippen LogP contribution in [0, 0.1) is 5.92 Å². The monoisotopic (exact) mass is 333 g/mol. The average Bonchev–Trinajstić information content (AvgIpc) is 3.28. The zero-order chi connectivity index (χ0) is 16.5. The quantitative estimate of drug-likeness (QED) is 0.789. The van der Waals surface area contributed by atoms with Gasteiger partial charge in [0.05, 0.1) is 6.54 Å². The van der Waals surface area contributed by atoms with E-state index in [1.807, 2.05) is 0 Å². The van der Waals surface area contributed by atoms with Crippen LogP contribution in [-0.4, -0.2) is 71.3 Å². The van der Waals surface area contributed by atoms with Crippen LogP contribution in [0.15, 0.2) is 0 Å². The first kappa shape index (κ1) is 16.4. The summed E-state index contributed by atoms with van der Waals surface area (Å²) in [7, 11) is 0. The topological polar surface area (TPSA) is 43.9 Å². The van der Waals surface area contributed by atoms with Crippen LogP contribution in [0.5, 0.6) is 0 Å². The number of hydrogen-bond donors (Lipinski definition) is 0. The van der Waals surface area contributed by atoms with Crippen LogP contribution in [0.4, 0.5) is 0 Å². The van der Waals surface area contributed by atoms with E-state index in [9.17, 15) is 9.59 Å². The third kappa shape index (κ3) is 3.61. The van der Waals surface area contributed by atoms with Gasteiger partial charge in [-0.2, -0.15) is 0 Å². The highest BCUT2D eigenvalue weighted by molar-refractivity contribution is 5.79. The van der Waals surface area contributed by atoms with E-state index in [4.69, 9.17) is 0 Å². The van der Waals surface area contributed by atoms with Crippen molar-refractivity contribution >= 4 is 11.8 Å². The summed E-state index contributed by atoms with van der Waals surface area (Å²) in [6, 6.07) is 0.914. The SMILES string of the molecule is O=C1CCC(N2CCN(C3CCCC3)C(=O)C2)CCN1CC1CC1.